The van der Waals surface area contributed by atoms with Crippen LogP contribution in [0.15, 0.2) is 6.20 Å². The van der Waals surface area contributed by atoms with E-state index in [9.17, 15) is 4.79 Å². The number of aryl methyl sites for hydroxylation is 1. The average Bonchev–Trinajstić information content (AvgIpc) is 3.28. The predicted molar refractivity (Wildman–Crippen MR) is 89.3 cm³/mol. The van der Waals surface area contributed by atoms with Crippen LogP contribution in [0.4, 0.5) is 0 Å². The van der Waals surface area contributed by atoms with Gasteiger partial charge in [0.25, 0.3) is 5.91 Å². The molecular formula is C16H27ClN4O. The van der Waals surface area contributed by atoms with Crippen LogP contribution in [-0.2, 0) is 7.05 Å². The summed E-state index contributed by atoms with van der Waals surface area (Å²) in [6.45, 7) is 0.572. The molecule has 3 rings (SSSR count). The highest BCUT2D eigenvalue weighted by molar-refractivity contribution is 5.95. The third kappa shape index (κ3) is 4.02. The molecule has 1 aromatic heterocycles. The smallest absolute Gasteiger partial charge is 0.254 e. The van der Waals surface area contributed by atoms with Gasteiger partial charge in [-0.3, -0.25) is 9.48 Å². The van der Waals surface area contributed by atoms with Crippen molar-refractivity contribution in [3.05, 3.63) is 17.5 Å². The topological polar surface area (TPSA) is 72.9 Å². The SMILES string of the molecule is Cl.Cn1cc(C(=O)NCC(N)C2CC2)c(C2CCCCC2)n1. The van der Waals surface area contributed by atoms with Gasteiger partial charge in [0.1, 0.15) is 0 Å². The lowest BCUT2D eigenvalue weighted by molar-refractivity contribution is 0.0948. The maximum absolute atomic E-state index is 12.4. The van der Waals surface area contributed by atoms with Gasteiger partial charge in [0.05, 0.1) is 11.3 Å². The molecule has 0 spiro atoms. The molecule has 1 amide bonds. The number of amides is 1. The lowest BCUT2D eigenvalue weighted by Gasteiger charge is -2.21. The standard InChI is InChI=1S/C16H26N4O.ClH/c1-20-10-13(15(19-20)12-5-3-2-4-6-12)16(21)18-9-14(17)11-7-8-11;/h10-12,14H,2-9,17H2,1H3,(H,18,21);1H. The average molecular weight is 327 g/mol. The molecule has 0 aliphatic heterocycles. The highest BCUT2D eigenvalue weighted by Gasteiger charge is 2.29. The summed E-state index contributed by atoms with van der Waals surface area (Å²) in [6, 6.07) is 0.101. The van der Waals surface area contributed by atoms with Crippen molar-refractivity contribution >= 4 is 18.3 Å². The second-order valence-electron chi connectivity index (χ2n) is 6.65. The summed E-state index contributed by atoms with van der Waals surface area (Å²) in [4.78, 5) is 12.4. The maximum atomic E-state index is 12.4. The first-order chi connectivity index (χ1) is 10.1. The van der Waals surface area contributed by atoms with Crippen LogP contribution in [0.25, 0.3) is 0 Å². The molecule has 2 saturated carbocycles. The molecule has 124 valence electrons. The predicted octanol–water partition coefficient (Wildman–Crippen LogP) is 2.36. The normalized spacial score (nSPS) is 20.3. The zero-order valence-corrected chi connectivity index (χ0v) is 14.1. The Morgan fingerprint density at radius 1 is 1.36 bits per heavy atom. The van der Waals surface area contributed by atoms with Gasteiger partial charge in [0, 0.05) is 31.7 Å². The minimum absolute atomic E-state index is 0. The second kappa shape index (κ2) is 7.47. The van der Waals surface area contributed by atoms with E-state index in [1.807, 2.05) is 13.2 Å². The number of nitrogens with two attached hydrogens (primary N) is 1. The highest BCUT2D eigenvalue weighted by Crippen LogP contribution is 2.33. The molecule has 6 heteroatoms. The summed E-state index contributed by atoms with van der Waals surface area (Å²) < 4.78 is 1.76. The number of carbonyl (C=O) groups excluding carboxylic acids is 1. The number of nitrogens with one attached hydrogen (secondary N) is 1. The third-order valence-electron chi connectivity index (χ3n) is 4.82. The van der Waals surface area contributed by atoms with Crippen LogP contribution < -0.4 is 11.1 Å². The maximum Gasteiger partial charge on any atom is 0.254 e. The fraction of sp³-hybridized carbons (Fsp3) is 0.750. The van der Waals surface area contributed by atoms with Crippen molar-refractivity contribution in [1.29, 1.82) is 0 Å². The lowest BCUT2D eigenvalue weighted by atomic mass is 9.85. The Balaban J connectivity index is 0.00000176. The number of nitrogens with zero attached hydrogens (tertiary/aromatic N) is 2. The fourth-order valence-electron chi connectivity index (χ4n) is 3.35. The molecule has 5 nitrogen and oxygen atoms in total. The van der Waals surface area contributed by atoms with Gasteiger partial charge >= 0.3 is 0 Å². The van der Waals surface area contributed by atoms with E-state index in [0.29, 0.717) is 18.4 Å². The summed E-state index contributed by atoms with van der Waals surface area (Å²) in [5, 5.41) is 7.55. The van der Waals surface area contributed by atoms with Crippen molar-refractivity contribution in [3.63, 3.8) is 0 Å². The van der Waals surface area contributed by atoms with E-state index in [2.05, 4.69) is 10.4 Å². The lowest BCUT2D eigenvalue weighted by Crippen LogP contribution is -2.38. The third-order valence-corrected chi connectivity index (χ3v) is 4.82. The van der Waals surface area contributed by atoms with E-state index in [1.165, 1.54) is 32.1 Å². The van der Waals surface area contributed by atoms with Gasteiger partial charge in [-0.15, -0.1) is 12.4 Å². The number of rotatable bonds is 5. The molecule has 0 aromatic carbocycles. The van der Waals surface area contributed by atoms with Gasteiger partial charge in [0.15, 0.2) is 0 Å². The summed E-state index contributed by atoms with van der Waals surface area (Å²) >= 11 is 0. The minimum atomic E-state index is -0.0141. The van der Waals surface area contributed by atoms with Crippen LogP contribution in [0, 0.1) is 5.92 Å². The van der Waals surface area contributed by atoms with Gasteiger partial charge in [0.2, 0.25) is 0 Å². The van der Waals surface area contributed by atoms with E-state index in [1.54, 1.807) is 4.68 Å². The Hall–Kier alpha value is -1.07. The van der Waals surface area contributed by atoms with Crippen molar-refractivity contribution < 1.29 is 4.79 Å². The zero-order valence-electron chi connectivity index (χ0n) is 13.3. The Bertz CT molecular complexity index is 506. The van der Waals surface area contributed by atoms with Crippen LogP contribution in [-0.4, -0.2) is 28.3 Å². The van der Waals surface area contributed by atoms with Gasteiger partial charge in [-0.05, 0) is 31.6 Å². The summed E-state index contributed by atoms with van der Waals surface area (Å²) in [7, 11) is 1.89. The van der Waals surface area contributed by atoms with Crippen molar-refractivity contribution in [3.8, 4) is 0 Å². The monoisotopic (exact) mass is 326 g/mol. The Labute approximate surface area is 138 Å². The van der Waals surface area contributed by atoms with Gasteiger partial charge < -0.3 is 11.1 Å². The fourth-order valence-corrected chi connectivity index (χ4v) is 3.35. The van der Waals surface area contributed by atoms with Crippen molar-refractivity contribution in [2.45, 2.75) is 56.9 Å². The first kappa shape index (κ1) is 17.3. The number of halogens is 1. The van der Waals surface area contributed by atoms with E-state index in [-0.39, 0.29) is 24.4 Å². The van der Waals surface area contributed by atoms with Gasteiger partial charge in [-0.25, -0.2) is 0 Å². The Morgan fingerprint density at radius 2 is 2.05 bits per heavy atom. The van der Waals surface area contributed by atoms with Crippen LogP contribution >= 0.6 is 12.4 Å². The van der Waals surface area contributed by atoms with Gasteiger partial charge in [-0.1, -0.05) is 19.3 Å². The van der Waals surface area contributed by atoms with Gasteiger partial charge in [-0.2, -0.15) is 5.10 Å². The van der Waals surface area contributed by atoms with E-state index in [0.717, 1.165) is 24.1 Å². The van der Waals surface area contributed by atoms with Crippen LogP contribution in [0.5, 0.6) is 0 Å². The number of hydrogen-bond donors (Lipinski definition) is 2. The summed E-state index contributed by atoms with van der Waals surface area (Å²) in [6.07, 6.45) is 10.4. The van der Waals surface area contributed by atoms with E-state index in [4.69, 9.17) is 5.73 Å². The molecule has 2 fully saturated rings. The molecule has 2 aliphatic carbocycles. The minimum Gasteiger partial charge on any atom is -0.350 e. The number of carbonyl (C=O) groups is 1. The molecule has 1 unspecified atom stereocenters. The second-order valence-corrected chi connectivity index (χ2v) is 6.65. The largest absolute Gasteiger partial charge is 0.350 e. The number of aromatic nitrogens is 2. The molecular weight excluding hydrogens is 300 g/mol. The number of hydrogen-bond acceptors (Lipinski definition) is 3. The summed E-state index contributed by atoms with van der Waals surface area (Å²) in [5.41, 5.74) is 7.78. The first-order valence-electron chi connectivity index (χ1n) is 8.22. The van der Waals surface area contributed by atoms with Crippen LogP contribution in [0.2, 0.25) is 0 Å². The van der Waals surface area contributed by atoms with Crippen molar-refractivity contribution in [2.75, 3.05) is 6.54 Å². The molecule has 0 radical (unpaired) electrons. The molecule has 3 N–H and O–H groups in total. The van der Waals surface area contributed by atoms with Crippen LogP contribution in [0.3, 0.4) is 0 Å². The quantitative estimate of drug-likeness (QED) is 0.872. The van der Waals surface area contributed by atoms with Crippen molar-refractivity contribution in [1.82, 2.24) is 15.1 Å². The Kier molecular flexibility index (Phi) is 5.87. The van der Waals surface area contributed by atoms with Crippen LogP contribution in [0.1, 0.15) is 66.9 Å². The molecule has 0 bridgehead atoms. The highest BCUT2D eigenvalue weighted by atomic mass is 35.5. The molecule has 1 heterocycles. The molecule has 2 aliphatic rings. The molecule has 1 aromatic rings. The van der Waals surface area contributed by atoms with Crippen molar-refractivity contribution in [2.24, 2.45) is 18.7 Å². The Morgan fingerprint density at radius 3 is 2.68 bits per heavy atom. The zero-order chi connectivity index (χ0) is 14.8. The molecule has 22 heavy (non-hydrogen) atoms. The molecule has 0 saturated heterocycles. The molecule has 1 atom stereocenters. The van der Waals surface area contributed by atoms with E-state index >= 15 is 0 Å². The first-order valence-corrected chi connectivity index (χ1v) is 8.22. The summed E-state index contributed by atoms with van der Waals surface area (Å²) in [5.74, 6) is 1.04. The van der Waals surface area contributed by atoms with E-state index < -0.39 is 0 Å².